The second-order valence-corrected chi connectivity index (χ2v) is 5.05. The van der Waals surface area contributed by atoms with Crippen LogP contribution in [0.4, 0.5) is 0 Å². The Balaban J connectivity index is 2.05. The Bertz CT molecular complexity index is 690. The normalized spacial score (nSPS) is 10.6. The summed E-state index contributed by atoms with van der Waals surface area (Å²) in [4.78, 5) is 0. The summed E-state index contributed by atoms with van der Waals surface area (Å²) in [7, 11) is 4.76. The van der Waals surface area contributed by atoms with E-state index in [1.54, 1.807) is 39.7 Å². The smallest absolute Gasteiger partial charge is 0.179 e. The van der Waals surface area contributed by atoms with Gasteiger partial charge in [0.25, 0.3) is 0 Å². The van der Waals surface area contributed by atoms with Crippen molar-refractivity contribution >= 4 is 17.8 Å². The van der Waals surface area contributed by atoms with Crippen LogP contribution in [0.1, 0.15) is 11.1 Å². The van der Waals surface area contributed by atoms with Gasteiger partial charge in [0.2, 0.25) is 0 Å². The molecule has 122 valence electrons. The van der Waals surface area contributed by atoms with E-state index in [1.165, 1.54) is 0 Å². The van der Waals surface area contributed by atoms with Crippen molar-refractivity contribution in [2.45, 2.75) is 6.54 Å². The van der Waals surface area contributed by atoms with E-state index >= 15 is 0 Å². The standard InChI is InChI=1S/C17H19ClN2O3/c1-21-15-7-5-4-6-13(15)11-20-19-10-12-8-14(18)17(23-3)16(9-12)22-2/h4-10,20H,11H2,1-3H3/b19-10+. The number of para-hydroxylation sites is 1. The maximum absolute atomic E-state index is 6.16. The van der Waals surface area contributed by atoms with E-state index in [4.69, 9.17) is 25.8 Å². The van der Waals surface area contributed by atoms with Crippen LogP contribution < -0.4 is 19.6 Å². The lowest BCUT2D eigenvalue weighted by Gasteiger charge is -2.10. The number of halogens is 1. The minimum atomic E-state index is 0.470. The monoisotopic (exact) mass is 334 g/mol. The molecule has 6 heteroatoms. The maximum Gasteiger partial charge on any atom is 0.179 e. The first-order valence-corrected chi connectivity index (χ1v) is 7.36. The molecule has 2 aromatic carbocycles. The fourth-order valence-corrected chi connectivity index (χ4v) is 2.41. The van der Waals surface area contributed by atoms with Gasteiger partial charge in [0, 0.05) is 5.56 Å². The fourth-order valence-electron chi connectivity index (χ4n) is 2.11. The number of benzene rings is 2. The maximum atomic E-state index is 6.16. The largest absolute Gasteiger partial charge is 0.496 e. The first-order chi connectivity index (χ1) is 11.2. The topological polar surface area (TPSA) is 52.1 Å². The molecule has 2 rings (SSSR count). The van der Waals surface area contributed by atoms with Gasteiger partial charge in [0.15, 0.2) is 11.5 Å². The van der Waals surface area contributed by atoms with Crippen molar-refractivity contribution < 1.29 is 14.2 Å². The lowest BCUT2D eigenvalue weighted by atomic mass is 10.2. The molecule has 23 heavy (non-hydrogen) atoms. The SMILES string of the molecule is COc1ccccc1CN/N=C/c1cc(Cl)c(OC)c(OC)c1. The molecule has 2 aromatic rings. The number of hydrogen-bond acceptors (Lipinski definition) is 5. The number of ether oxygens (including phenoxy) is 3. The van der Waals surface area contributed by atoms with Gasteiger partial charge in [0.05, 0.1) is 39.1 Å². The predicted molar refractivity (Wildman–Crippen MR) is 92.0 cm³/mol. The van der Waals surface area contributed by atoms with Crippen LogP contribution in [0.15, 0.2) is 41.5 Å². The van der Waals surface area contributed by atoms with Gasteiger partial charge in [-0.1, -0.05) is 29.8 Å². The summed E-state index contributed by atoms with van der Waals surface area (Å²) in [6.45, 7) is 0.557. The molecule has 0 aliphatic rings. The fraction of sp³-hybridized carbons (Fsp3) is 0.235. The van der Waals surface area contributed by atoms with Crippen LogP contribution in [-0.4, -0.2) is 27.5 Å². The number of nitrogens with zero attached hydrogens (tertiary/aromatic N) is 1. The van der Waals surface area contributed by atoms with E-state index < -0.39 is 0 Å². The molecule has 0 spiro atoms. The average molecular weight is 335 g/mol. The van der Waals surface area contributed by atoms with Crippen LogP contribution in [0.25, 0.3) is 0 Å². The summed E-state index contributed by atoms with van der Waals surface area (Å²) in [5.74, 6) is 1.89. The van der Waals surface area contributed by atoms with Crippen molar-refractivity contribution in [2.24, 2.45) is 5.10 Å². The quantitative estimate of drug-likeness (QED) is 0.622. The zero-order valence-corrected chi connectivity index (χ0v) is 14.1. The van der Waals surface area contributed by atoms with Gasteiger partial charge in [-0.15, -0.1) is 0 Å². The van der Waals surface area contributed by atoms with E-state index in [0.29, 0.717) is 23.1 Å². The molecule has 0 unspecified atom stereocenters. The zero-order chi connectivity index (χ0) is 16.7. The Morgan fingerprint density at radius 2 is 1.78 bits per heavy atom. The van der Waals surface area contributed by atoms with Crippen LogP contribution >= 0.6 is 11.6 Å². The van der Waals surface area contributed by atoms with E-state index in [0.717, 1.165) is 16.9 Å². The van der Waals surface area contributed by atoms with Crippen molar-refractivity contribution in [1.82, 2.24) is 5.43 Å². The van der Waals surface area contributed by atoms with E-state index in [9.17, 15) is 0 Å². The molecule has 5 nitrogen and oxygen atoms in total. The van der Waals surface area contributed by atoms with Gasteiger partial charge in [-0.3, -0.25) is 0 Å². The van der Waals surface area contributed by atoms with Crippen molar-refractivity contribution in [3.05, 3.63) is 52.5 Å². The Morgan fingerprint density at radius 1 is 1.04 bits per heavy atom. The highest BCUT2D eigenvalue weighted by molar-refractivity contribution is 6.32. The molecule has 0 saturated carbocycles. The molecule has 0 bridgehead atoms. The highest BCUT2D eigenvalue weighted by Gasteiger charge is 2.09. The van der Waals surface area contributed by atoms with Gasteiger partial charge >= 0.3 is 0 Å². The molecule has 0 amide bonds. The minimum absolute atomic E-state index is 0.470. The van der Waals surface area contributed by atoms with Crippen molar-refractivity contribution in [3.8, 4) is 17.2 Å². The Hall–Kier alpha value is -2.40. The van der Waals surface area contributed by atoms with Gasteiger partial charge in [-0.2, -0.15) is 5.10 Å². The highest BCUT2D eigenvalue weighted by atomic mass is 35.5. The third-order valence-corrected chi connectivity index (χ3v) is 3.50. The molecule has 0 aliphatic carbocycles. The van der Waals surface area contributed by atoms with Gasteiger partial charge in [-0.05, 0) is 23.8 Å². The lowest BCUT2D eigenvalue weighted by molar-refractivity contribution is 0.355. The molecule has 0 atom stereocenters. The van der Waals surface area contributed by atoms with Crippen LogP contribution in [0.3, 0.4) is 0 Å². The minimum Gasteiger partial charge on any atom is -0.496 e. The third kappa shape index (κ3) is 4.29. The summed E-state index contributed by atoms with van der Waals surface area (Å²) in [6.07, 6.45) is 1.67. The third-order valence-electron chi connectivity index (χ3n) is 3.22. The molecule has 0 fully saturated rings. The molecule has 0 saturated heterocycles. The molecule has 0 aromatic heterocycles. The molecule has 0 heterocycles. The second kappa shape index (κ2) is 8.29. The van der Waals surface area contributed by atoms with E-state index in [-0.39, 0.29) is 0 Å². The summed E-state index contributed by atoms with van der Waals surface area (Å²) >= 11 is 6.16. The van der Waals surface area contributed by atoms with Crippen LogP contribution in [-0.2, 0) is 6.54 Å². The van der Waals surface area contributed by atoms with E-state index in [1.807, 2.05) is 24.3 Å². The average Bonchev–Trinajstić information content (AvgIpc) is 2.58. The Morgan fingerprint density at radius 3 is 2.48 bits per heavy atom. The Labute approximate surface area is 140 Å². The number of rotatable bonds is 7. The van der Waals surface area contributed by atoms with Crippen molar-refractivity contribution in [2.75, 3.05) is 21.3 Å². The molecule has 0 aliphatic heterocycles. The van der Waals surface area contributed by atoms with Gasteiger partial charge in [-0.25, -0.2) is 0 Å². The summed E-state index contributed by atoms with van der Waals surface area (Å²) < 4.78 is 15.7. The highest BCUT2D eigenvalue weighted by Crippen LogP contribution is 2.35. The number of methoxy groups -OCH3 is 3. The molecular weight excluding hydrogens is 316 g/mol. The van der Waals surface area contributed by atoms with Crippen LogP contribution in [0.5, 0.6) is 17.2 Å². The van der Waals surface area contributed by atoms with Gasteiger partial charge in [0.1, 0.15) is 5.75 Å². The van der Waals surface area contributed by atoms with Crippen molar-refractivity contribution in [3.63, 3.8) is 0 Å². The lowest BCUT2D eigenvalue weighted by Crippen LogP contribution is -2.07. The van der Waals surface area contributed by atoms with Crippen LogP contribution in [0.2, 0.25) is 5.02 Å². The summed E-state index contributed by atoms with van der Waals surface area (Å²) in [6, 6.07) is 11.3. The number of hydrogen-bond donors (Lipinski definition) is 1. The molecule has 0 radical (unpaired) electrons. The summed E-state index contributed by atoms with van der Waals surface area (Å²) in [5.41, 5.74) is 4.82. The summed E-state index contributed by atoms with van der Waals surface area (Å²) in [5, 5.41) is 4.67. The molecule has 1 N–H and O–H groups in total. The van der Waals surface area contributed by atoms with Crippen LogP contribution in [0, 0.1) is 0 Å². The second-order valence-electron chi connectivity index (χ2n) is 4.64. The molecular formula is C17H19ClN2O3. The first-order valence-electron chi connectivity index (χ1n) is 6.99. The zero-order valence-electron chi connectivity index (χ0n) is 13.3. The number of hydrazone groups is 1. The Kier molecular flexibility index (Phi) is 6.11. The number of nitrogens with one attached hydrogen (secondary N) is 1. The predicted octanol–water partition coefficient (Wildman–Crippen LogP) is 3.49. The van der Waals surface area contributed by atoms with Gasteiger partial charge < -0.3 is 19.6 Å². The first kappa shape index (κ1) is 17.0. The van der Waals surface area contributed by atoms with Crippen molar-refractivity contribution in [1.29, 1.82) is 0 Å². The van der Waals surface area contributed by atoms with E-state index in [2.05, 4.69) is 10.5 Å².